The van der Waals surface area contributed by atoms with Crippen molar-refractivity contribution in [2.24, 2.45) is 7.05 Å². The van der Waals surface area contributed by atoms with Crippen molar-refractivity contribution in [3.8, 4) is 6.07 Å². The first-order valence-corrected chi connectivity index (χ1v) is 8.52. The van der Waals surface area contributed by atoms with Crippen LogP contribution in [-0.2, 0) is 11.8 Å². The highest BCUT2D eigenvalue weighted by atomic mass is 16.6. The summed E-state index contributed by atoms with van der Waals surface area (Å²) in [6.45, 7) is 7.00. The monoisotopic (exact) mass is 340 g/mol. The van der Waals surface area contributed by atoms with E-state index < -0.39 is 11.7 Å². The summed E-state index contributed by atoms with van der Waals surface area (Å²) in [4.78, 5) is 14.1. The Balaban J connectivity index is 1.79. The zero-order valence-electron chi connectivity index (χ0n) is 15.2. The molecule has 6 nitrogen and oxygen atoms in total. The maximum absolute atomic E-state index is 12.0. The first-order valence-electron chi connectivity index (χ1n) is 8.52. The Morgan fingerprint density at radius 2 is 2.08 bits per heavy atom. The largest absolute Gasteiger partial charge is 0.444 e. The fraction of sp³-hybridized carbons (Fsp3) is 0.474. The second-order valence-corrected chi connectivity index (χ2v) is 7.46. The number of alkyl carbamates (subject to hydrolysis) is 1. The molecule has 1 saturated heterocycles. The van der Waals surface area contributed by atoms with Crippen LogP contribution in [0, 0.1) is 11.3 Å². The standard InChI is InChI=1S/C19H24N4O2/c1-19(2,3)25-18(24)21-13-9-10-23(12-13)17-15(11-20)14-7-5-6-8-16(14)22(17)4/h5-8,13H,9-10,12H2,1-4H3,(H,21,24). The van der Waals surface area contributed by atoms with E-state index in [1.807, 2.05) is 52.1 Å². The predicted octanol–water partition coefficient (Wildman–Crippen LogP) is 3.15. The SMILES string of the molecule is Cn1c(N2CCC(NC(=O)OC(C)(C)C)C2)c(C#N)c2ccccc21. The molecular formula is C19H24N4O2. The number of carbonyl (C=O) groups excluding carboxylic acids is 1. The van der Waals surface area contributed by atoms with Crippen LogP contribution in [0.25, 0.3) is 10.9 Å². The number of nitrogens with one attached hydrogen (secondary N) is 1. The number of ether oxygens (including phenoxy) is 1. The first kappa shape index (κ1) is 17.2. The molecule has 1 aliphatic rings. The van der Waals surface area contributed by atoms with E-state index in [1.165, 1.54) is 0 Å². The minimum absolute atomic E-state index is 0.0133. The number of amides is 1. The van der Waals surface area contributed by atoms with Gasteiger partial charge in [-0.2, -0.15) is 5.26 Å². The summed E-state index contributed by atoms with van der Waals surface area (Å²) in [5.41, 5.74) is 1.22. The van der Waals surface area contributed by atoms with Crippen LogP contribution in [0.3, 0.4) is 0 Å². The van der Waals surface area contributed by atoms with Crippen LogP contribution < -0.4 is 10.2 Å². The second kappa shape index (κ2) is 6.32. The summed E-state index contributed by atoms with van der Waals surface area (Å²) in [5.74, 6) is 0.914. The number of aromatic nitrogens is 1. The van der Waals surface area contributed by atoms with Crippen LogP contribution >= 0.6 is 0 Å². The van der Waals surface area contributed by atoms with Gasteiger partial charge in [-0.25, -0.2) is 4.79 Å². The summed E-state index contributed by atoms with van der Waals surface area (Å²) in [6.07, 6.45) is 0.433. The van der Waals surface area contributed by atoms with Gasteiger partial charge < -0.3 is 19.5 Å². The molecule has 1 atom stereocenters. The normalized spacial score (nSPS) is 17.6. The number of aryl methyl sites for hydroxylation is 1. The Bertz CT molecular complexity index is 841. The molecule has 1 N–H and O–H groups in total. The predicted molar refractivity (Wildman–Crippen MR) is 97.6 cm³/mol. The molecular weight excluding hydrogens is 316 g/mol. The molecule has 0 bridgehead atoms. The molecule has 6 heteroatoms. The van der Waals surface area contributed by atoms with Crippen molar-refractivity contribution in [1.82, 2.24) is 9.88 Å². The summed E-state index contributed by atoms with van der Waals surface area (Å²) < 4.78 is 7.39. The Labute approximate surface area is 148 Å². The van der Waals surface area contributed by atoms with Crippen LogP contribution in [0.1, 0.15) is 32.8 Å². The zero-order valence-corrected chi connectivity index (χ0v) is 15.2. The highest BCUT2D eigenvalue weighted by Crippen LogP contribution is 2.33. The van der Waals surface area contributed by atoms with Gasteiger partial charge in [0.1, 0.15) is 23.1 Å². The van der Waals surface area contributed by atoms with E-state index in [2.05, 4.69) is 20.9 Å². The van der Waals surface area contributed by atoms with E-state index in [4.69, 9.17) is 4.74 Å². The van der Waals surface area contributed by atoms with Crippen molar-refractivity contribution in [3.63, 3.8) is 0 Å². The molecule has 1 aromatic carbocycles. The van der Waals surface area contributed by atoms with Gasteiger partial charge in [0.2, 0.25) is 0 Å². The van der Waals surface area contributed by atoms with E-state index >= 15 is 0 Å². The third kappa shape index (κ3) is 3.41. The van der Waals surface area contributed by atoms with Gasteiger partial charge in [0, 0.05) is 25.5 Å². The van der Waals surface area contributed by atoms with Gasteiger partial charge >= 0.3 is 6.09 Å². The molecule has 1 aliphatic heterocycles. The number of para-hydroxylation sites is 1. The van der Waals surface area contributed by atoms with E-state index in [9.17, 15) is 10.1 Å². The molecule has 0 saturated carbocycles. The van der Waals surface area contributed by atoms with E-state index in [0.29, 0.717) is 12.1 Å². The summed E-state index contributed by atoms with van der Waals surface area (Å²) >= 11 is 0. The minimum Gasteiger partial charge on any atom is -0.444 e. The summed E-state index contributed by atoms with van der Waals surface area (Å²) in [6, 6.07) is 10.3. The Morgan fingerprint density at radius 1 is 1.36 bits per heavy atom. The highest BCUT2D eigenvalue weighted by Gasteiger charge is 2.30. The molecule has 1 aromatic heterocycles. The molecule has 0 radical (unpaired) electrons. The average molecular weight is 340 g/mol. The Hall–Kier alpha value is -2.68. The molecule has 0 aliphatic carbocycles. The van der Waals surface area contributed by atoms with Crippen LogP contribution in [0.4, 0.5) is 10.6 Å². The average Bonchev–Trinajstić information content (AvgIpc) is 3.08. The topological polar surface area (TPSA) is 70.3 Å². The molecule has 2 aromatic rings. The number of nitrogens with zero attached hydrogens (tertiary/aromatic N) is 3. The van der Waals surface area contributed by atoms with E-state index in [0.717, 1.165) is 29.7 Å². The number of hydrogen-bond donors (Lipinski definition) is 1. The van der Waals surface area contributed by atoms with Gasteiger partial charge in [0.05, 0.1) is 11.6 Å². The van der Waals surface area contributed by atoms with Crippen LogP contribution in [0.2, 0.25) is 0 Å². The number of hydrogen-bond acceptors (Lipinski definition) is 4. The summed E-state index contributed by atoms with van der Waals surface area (Å²) in [7, 11) is 1.98. The lowest BCUT2D eigenvalue weighted by molar-refractivity contribution is 0.0509. The van der Waals surface area contributed by atoms with Crippen molar-refractivity contribution in [1.29, 1.82) is 5.26 Å². The van der Waals surface area contributed by atoms with Crippen LogP contribution in [-0.4, -0.2) is 35.4 Å². The Morgan fingerprint density at radius 3 is 2.76 bits per heavy atom. The second-order valence-electron chi connectivity index (χ2n) is 7.46. The number of fused-ring (bicyclic) bond motifs is 1. The Kier molecular flexibility index (Phi) is 4.34. The summed E-state index contributed by atoms with van der Waals surface area (Å²) in [5, 5.41) is 13.5. The lowest BCUT2D eigenvalue weighted by Crippen LogP contribution is -2.40. The lowest BCUT2D eigenvalue weighted by Gasteiger charge is -2.23. The number of carbonyl (C=O) groups is 1. The van der Waals surface area contributed by atoms with Crippen LogP contribution in [0.5, 0.6) is 0 Å². The minimum atomic E-state index is -0.508. The number of anilines is 1. The highest BCUT2D eigenvalue weighted by molar-refractivity contribution is 5.93. The van der Waals surface area contributed by atoms with Gasteiger partial charge in [-0.1, -0.05) is 18.2 Å². The fourth-order valence-electron chi connectivity index (χ4n) is 3.40. The molecule has 0 spiro atoms. The molecule has 3 rings (SSSR count). The van der Waals surface area contributed by atoms with Gasteiger partial charge in [-0.15, -0.1) is 0 Å². The van der Waals surface area contributed by atoms with Gasteiger partial charge in [0.15, 0.2) is 0 Å². The molecule has 1 unspecified atom stereocenters. The van der Waals surface area contributed by atoms with Crippen molar-refractivity contribution in [2.45, 2.75) is 38.8 Å². The quantitative estimate of drug-likeness (QED) is 0.912. The van der Waals surface area contributed by atoms with Gasteiger partial charge in [0.25, 0.3) is 0 Å². The third-order valence-electron chi connectivity index (χ3n) is 4.40. The smallest absolute Gasteiger partial charge is 0.407 e. The van der Waals surface area contributed by atoms with Crippen molar-refractivity contribution in [2.75, 3.05) is 18.0 Å². The van der Waals surface area contributed by atoms with Crippen molar-refractivity contribution in [3.05, 3.63) is 29.8 Å². The first-order chi connectivity index (χ1) is 11.8. The lowest BCUT2D eigenvalue weighted by atomic mass is 10.2. The molecule has 1 fully saturated rings. The number of rotatable bonds is 2. The fourth-order valence-corrected chi connectivity index (χ4v) is 3.40. The van der Waals surface area contributed by atoms with Gasteiger partial charge in [-0.3, -0.25) is 0 Å². The van der Waals surface area contributed by atoms with Gasteiger partial charge in [-0.05, 0) is 33.3 Å². The van der Waals surface area contributed by atoms with Crippen LogP contribution in [0.15, 0.2) is 24.3 Å². The third-order valence-corrected chi connectivity index (χ3v) is 4.40. The number of nitriles is 1. The van der Waals surface area contributed by atoms with E-state index in [-0.39, 0.29) is 6.04 Å². The zero-order chi connectivity index (χ0) is 18.2. The maximum Gasteiger partial charge on any atom is 0.407 e. The molecule has 2 heterocycles. The molecule has 132 valence electrons. The van der Waals surface area contributed by atoms with Crippen molar-refractivity contribution < 1.29 is 9.53 Å². The van der Waals surface area contributed by atoms with Crippen molar-refractivity contribution >= 4 is 22.8 Å². The van der Waals surface area contributed by atoms with E-state index in [1.54, 1.807) is 0 Å². The maximum atomic E-state index is 12.0. The molecule has 1 amide bonds. The number of benzene rings is 1. The molecule has 25 heavy (non-hydrogen) atoms.